The van der Waals surface area contributed by atoms with Gasteiger partial charge in [-0.15, -0.1) is 0 Å². The average Bonchev–Trinajstić information content (AvgIpc) is 2.91. The van der Waals surface area contributed by atoms with Gasteiger partial charge in [0.15, 0.2) is 0 Å². The maximum Gasteiger partial charge on any atom is 0.314 e. The van der Waals surface area contributed by atoms with Gasteiger partial charge in [0.25, 0.3) is 0 Å². The van der Waals surface area contributed by atoms with E-state index in [1.165, 1.54) is 24.3 Å². The van der Waals surface area contributed by atoms with Gasteiger partial charge in [0.05, 0.1) is 0 Å². The first kappa shape index (κ1) is 18.8. The summed E-state index contributed by atoms with van der Waals surface area (Å²) >= 11 is 0. The SMILES string of the molecule is NC(=O)N1CCCN([C@H](C(=O)Nc2ccc(F)cc2)c2ccccc2)CC1. The first-order valence-electron chi connectivity index (χ1n) is 8.94. The van der Waals surface area contributed by atoms with Gasteiger partial charge in [-0.1, -0.05) is 30.3 Å². The first-order chi connectivity index (χ1) is 13.0. The number of halogens is 1. The molecule has 1 saturated heterocycles. The summed E-state index contributed by atoms with van der Waals surface area (Å²) in [4.78, 5) is 28.2. The number of nitrogens with zero attached hydrogens (tertiary/aromatic N) is 2. The average molecular weight is 370 g/mol. The maximum atomic E-state index is 13.1. The van der Waals surface area contributed by atoms with Gasteiger partial charge in [-0.3, -0.25) is 9.69 Å². The van der Waals surface area contributed by atoms with Crippen LogP contribution >= 0.6 is 0 Å². The van der Waals surface area contributed by atoms with Gasteiger partial charge in [-0.2, -0.15) is 0 Å². The van der Waals surface area contributed by atoms with Gasteiger partial charge in [0, 0.05) is 31.9 Å². The lowest BCUT2D eigenvalue weighted by Gasteiger charge is -2.30. The number of nitrogens with two attached hydrogens (primary N) is 1. The summed E-state index contributed by atoms with van der Waals surface area (Å²) in [7, 11) is 0. The van der Waals surface area contributed by atoms with Crippen LogP contribution in [-0.4, -0.2) is 47.9 Å². The number of carbonyl (C=O) groups excluding carboxylic acids is 2. The molecule has 3 amide bonds. The van der Waals surface area contributed by atoms with Crippen molar-refractivity contribution in [3.63, 3.8) is 0 Å². The molecule has 2 aromatic rings. The monoisotopic (exact) mass is 370 g/mol. The lowest BCUT2D eigenvalue weighted by Crippen LogP contribution is -2.41. The molecule has 2 aromatic carbocycles. The lowest BCUT2D eigenvalue weighted by atomic mass is 10.0. The number of carbonyl (C=O) groups is 2. The zero-order valence-electron chi connectivity index (χ0n) is 15.0. The maximum absolute atomic E-state index is 13.1. The van der Waals surface area contributed by atoms with Crippen LogP contribution in [0, 0.1) is 5.82 Å². The Morgan fingerprint density at radius 1 is 0.963 bits per heavy atom. The van der Waals surface area contributed by atoms with E-state index in [2.05, 4.69) is 10.2 Å². The predicted molar refractivity (Wildman–Crippen MR) is 102 cm³/mol. The summed E-state index contributed by atoms with van der Waals surface area (Å²) in [5.41, 5.74) is 6.81. The highest BCUT2D eigenvalue weighted by molar-refractivity contribution is 5.95. The van der Waals surface area contributed by atoms with Crippen molar-refractivity contribution < 1.29 is 14.0 Å². The lowest BCUT2D eigenvalue weighted by molar-refractivity contribution is -0.121. The van der Waals surface area contributed by atoms with E-state index in [4.69, 9.17) is 5.73 Å². The molecule has 0 bridgehead atoms. The second kappa shape index (κ2) is 8.64. The second-order valence-corrected chi connectivity index (χ2v) is 6.52. The van der Waals surface area contributed by atoms with E-state index in [-0.39, 0.29) is 11.7 Å². The number of amides is 3. The second-order valence-electron chi connectivity index (χ2n) is 6.52. The summed E-state index contributed by atoms with van der Waals surface area (Å²) in [6.07, 6.45) is 0.732. The van der Waals surface area contributed by atoms with E-state index in [1.807, 2.05) is 30.3 Å². The van der Waals surface area contributed by atoms with Crippen LogP contribution in [0.3, 0.4) is 0 Å². The molecule has 27 heavy (non-hydrogen) atoms. The minimum Gasteiger partial charge on any atom is -0.351 e. The van der Waals surface area contributed by atoms with Gasteiger partial charge in [0.2, 0.25) is 5.91 Å². The Labute approximate surface area is 157 Å². The van der Waals surface area contributed by atoms with E-state index in [0.29, 0.717) is 31.9 Å². The largest absolute Gasteiger partial charge is 0.351 e. The molecule has 1 aliphatic rings. The molecule has 0 saturated carbocycles. The molecule has 1 fully saturated rings. The number of primary amides is 1. The summed E-state index contributed by atoms with van der Waals surface area (Å²) in [6, 6.07) is 14.2. The minimum atomic E-state index is -0.510. The van der Waals surface area contributed by atoms with Gasteiger partial charge >= 0.3 is 6.03 Å². The van der Waals surface area contributed by atoms with Crippen LogP contribution in [0.15, 0.2) is 54.6 Å². The van der Waals surface area contributed by atoms with Crippen molar-refractivity contribution in [3.8, 4) is 0 Å². The number of hydrogen-bond acceptors (Lipinski definition) is 3. The Bertz CT molecular complexity index is 782. The Balaban J connectivity index is 1.81. The number of urea groups is 1. The first-order valence-corrected chi connectivity index (χ1v) is 8.94. The van der Waals surface area contributed by atoms with Crippen molar-refractivity contribution in [2.45, 2.75) is 12.5 Å². The molecule has 0 radical (unpaired) electrons. The minimum absolute atomic E-state index is 0.194. The molecule has 3 rings (SSSR count). The van der Waals surface area contributed by atoms with E-state index >= 15 is 0 Å². The van der Waals surface area contributed by atoms with Crippen molar-refractivity contribution in [1.29, 1.82) is 0 Å². The Kier molecular flexibility index (Phi) is 6.03. The van der Waals surface area contributed by atoms with Crippen LogP contribution < -0.4 is 11.1 Å². The van der Waals surface area contributed by atoms with Gasteiger partial charge in [0.1, 0.15) is 11.9 Å². The smallest absolute Gasteiger partial charge is 0.314 e. The van der Waals surface area contributed by atoms with Gasteiger partial charge < -0.3 is 16.0 Å². The zero-order valence-corrected chi connectivity index (χ0v) is 15.0. The topological polar surface area (TPSA) is 78.7 Å². The molecule has 0 spiro atoms. The van der Waals surface area contributed by atoms with Crippen LogP contribution in [0.2, 0.25) is 0 Å². The molecule has 0 unspecified atom stereocenters. The van der Waals surface area contributed by atoms with Crippen LogP contribution in [0.1, 0.15) is 18.0 Å². The number of nitrogens with one attached hydrogen (secondary N) is 1. The van der Waals surface area contributed by atoms with Crippen LogP contribution in [-0.2, 0) is 4.79 Å². The third-order valence-corrected chi connectivity index (χ3v) is 4.68. The number of hydrogen-bond donors (Lipinski definition) is 2. The van der Waals surface area contributed by atoms with Crippen molar-refractivity contribution >= 4 is 17.6 Å². The van der Waals surface area contributed by atoms with Crippen molar-refractivity contribution in [2.75, 3.05) is 31.5 Å². The highest BCUT2D eigenvalue weighted by Crippen LogP contribution is 2.24. The molecule has 3 N–H and O–H groups in total. The van der Waals surface area contributed by atoms with Crippen molar-refractivity contribution in [1.82, 2.24) is 9.80 Å². The quantitative estimate of drug-likeness (QED) is 0.868. The van der Waals surface area contributed by atoms with Gasteiger partial charge in [-0.05, 0) is 36.2 Å². The number of anilines is 1. The zero-order chi connectivity index (χ0) is 19.2. The molecular formula is C20H23FN4O2. The fraction of sp³-hybridized carbons (Fsp3) is 0.300. The number of benzene rings is 2. The van der Waals surface area contributed by atoms with Gasteiger partial charge in [-0.25, -0.2) is 9.18 Å². The van der Waals surface area contributed by atoms with E-state index < -0.39 is 12.1 Å². The Morgan fingerprint density at radius 2 is 1.67 bits per heavy atom. The molecule has 1 atom stereocenters. The molecule has 1 heterocycles. The predicted octanol–water partition coefficient (Wildman–Crippen LogP) is 2.59. The number of rotatable bonds is 4. The standard InChI is InChI=1S/C20H23FN4O2/c21-16-7-9-17(10-8-16)23-19(26)18(15-5-2-1-3-6-15)24-11-4-12-25(14-13-24)20(22)27/h1-3,5-10,18H,4,11-14H2,(H2,22,27)(H,23,26)/t18-/m0/s1. The summed E-state index contributed by atoms with van der Waals surface area (Å²) in [5, 5.41) is 2.87. The van der Waals surface area contributed by atoms with Crippen LogP contribution in [0.5, 0.6) is 0 Å². The Morgan fingerprint density at radius 3 is 2.33 bits per heavy atom. The molecule has 6 nitrogen and oxygen atoms in total. The highest BCUT2D eigenvalue weighted by Gasteiger charge is 2.29. The summed E-state index contributed by atoms with van der Waals surface area (Å²) in [6.45, 7) is 2.26. The third-order valence-electron chi connectivity index (χ3n) is 4.68. The van der Waals surface area contributed by atoms with E-state index in [1.54, 1.807) is 4.90 Å². The van der Waals surface area contributed by atoms with E-state index in [0.717, 1.165) is 12.0 Å². The summed E-state index contributed by atoms with van der Waals surface area (Å²) in [5.74, 6) is -0.549. The molecule has 7 heteroatoms. The van der Waals surface area contributed by atoms with Crippen molar-refractivity contribution in [3.05, 3.63) is 66.0 Å². The highest BCUT2D eigenvalue weighted by atomic mass is 19.1. The molecule has 0 aromatic heterocycles. The van der Waals surface area contributed by atoms with Crippen LogP contribution in [0.25, 0.3) is 0 Å². The van der Waals surface area contributed by atoms with Crippen molar-refractivity contribution in [2.24, 2.45) is 5.73 Å². The summed E-state index contributed by atoms with van der Waals surface area (Å²) < 4.78 is 13.1. The molecular weight excluding hydrogens is 347 g/mol. The van der Waals surface area contributed by atoms with Crippen LogP contribution in [0.4, 0.5) is 14.9 Å². The fourth-order valence-corrected chi connectivity index (χ4v) is 3.32. The van der Waals surface area contributed by atoms with E-state index in [9.17, 15) is 14.0 Å². The Hall–Kier alpha value is -2.93. The normalized spacial score (nSPS) is 16.4. The fourth-order valence-electron chi connectivity index (χ4n) is 3.32. The molecule has 142 valence electrons. The third kappa shape index (κ3) is 4.83. The molecule has 1 aliphatic heterocycles. The molecule has 0 aliphatic carbocycles.